The van der Waals surface area contributed by atoms with Crippen LogP contribution in [0, 0.1) is 11.3 Å². The number of amides is 1. The first-order chi connectivity index (χ1) is 8.08. The Balaban J connectivity index is 2.66. The van der Waals surface area contributed by atoms with Gasteiger partial charge in [0.05, 0.1) is 12.5 Å². The van der Waals surface area contributed by atoms with Crippen molar-refractivity contribution < 1.29 is 4.79 Å². The van der Waals surface area contributed by atoms with Crippen molar-refractivity contribution in [1.29, 1.82) is 5.26 Å². The summed E-state index contributed by atoms with van der Waals surface area (Å²) < 4.78 is 0. The molecule has 0 saturated carbocycles. The zero-order chi connectivity index (χ0) is 12.8. The predicted octanol–water partition coefficient (Wildman–Crippen LogP) is 1.35. The molecule has 6 heteroatoms. The third-order valence-electron chi connectivity index (χ3n) is 2.42. The van der Waals surface area contributed by atoms with Crippen molar-refractivity contribution in [2.24, 2.45) is 0 Å². The average molecular weight is 235 g/mol. The maximum atomic E-state index is 11.8. The number of hydrogen-bond acceptors (Lipinski definition) is 4. The van der Waals surface area contributed by atoms with Crippen molar-refractivity contribution in [1.82, 2.24) is 20.5 Å². The topological polar surface area (TPSA) is 94.5 Å². The number of aromatic nitrogens is 3. The number of nitrogens with zero attached hydrogens (tertiary/aromatic N) is 3. The van der Waals surface area contributed by atoms with Crippen LogP contribution in [0.25, 0.3) is 0 Å². The van der Waals surface area contributed by atoms with Crippen molar-refractivity contribution in [2.75, 3.05) is 0 Å². The average Bonchev–Trinajstić information content (AvgIpc) is 2.77. The summed E-state index contributed by atoms with van der Waals surface area (Å²) in [7, 11) is 0. The van der Waals surface area contributed by atoms with Gasteiger partial charge >= 0.3 is 0 Å². The van der Waals surface area contributed by atoms with E-state index >= 15 is 0 Å². The van der Waals surface area contributed by atoms with Gasteiger partial charge in [-0.3, -0.25) is 9.89 Å². The molecule has 0 saturated heterocycles. The number of hydrogen-bond donors (Lipinski definition) is 2. The van der Waals surface area contributed by atoms with Gasteiger partial charge in [-0.05, 0) is 6.42 Å². The zero-order valence-corrected chi connectivity index (χ0v) is 10.3. The van der Waals surface area contributed by atoms with E-state index in [1.807, 2.05) is 26.8 Å². The monoisotopic (exact) mass is 235 g/mol. The normalized spacial score (nSPS) is 12.2. The van der Waals surface area contributed by atoms with E-state index in [2.05, 4.69) is 20.5 Å². The van der Waals surface area contributed by atoms with E-state index in [4.69, 9.17) is 5.26 Å². The first kappa shape index (κ1) is 13.2. The lowest BCUT2D eigenvalue weighted by Gasteiger charge is -2.11. The Morgan fingerprint density at radius 2 is 2.29 bits per heavy atom. The fraction of sp³-hybridized carbons (Fsp3) is 0.636. The van der Waals surface area contributed by atoms with Crippen LogP contribution >= 0.6 is 0 Å². The van der Waals surface area contributed by atoms with Crippen molar-refractivity contribution >= 4 is 5.91 Å². The van der Waals surface area contributed by atoms with Crippen LogP contribution in [0.15, 0.2) is 0 Å². The molecular formula is C11H17N5O. The smallest absolute Gasteiger partial charge is 0.291 e. The Hall–Kier alpha value is -1.90. The molecule has 0 aromatic carbocycles. The quantitative estimate of drug-likeness (QED) is 0.805. The van der Waals surface area contributed by atoms with E-state index in [1.54, 1.807) is 0 Å². The highest BCUT2D eigenvalue weighted by atomic mass is 16.2. The zero-order valence-electron chi connectivity index (χ0n) is 10.3. The summed E-state index contributed by atoms with van der Waals surface area (Å²) in [6.45, 7) is 5.85. The highest BCUT2D eigenvalue weighted by Crippen LogP contribution is 2.07. The van der Waals surface area contributed by atoms with Crippen LogP contribution < -0.4 is 5.32 Å². The summed E-state index contributed by atoms with van der Waals surface area (Å²) in [5.41, 5.74) is 0. The Kier molecular flexibility index (Phi) is 4.64. The number of carbonyl (C=O) groups excluding carboxylic acids is 1. The molecule has 0 spiro atoms. The van der Waals surface area contributed by atoms with Gasteiger partial charge in [-0.15, -0.1) is 5.10 Å². The number of rotatable bonds is 5. The molecule has 92 valence electrons. The molecule has 0 aliphatic heterocycles. The molecule has 1 unspecified atom stereocenters. The lowest BCUT2D eigenvalue weighted by Crippen LogP contribution is -2.34. The van der Waals surface area contributed by atoms with Crippen molar-refractivity contribution in [3.05, 3.63) is 11.6 Å². The molecule has 1 aromatic rings. The molecule has 0 radical (unpaired) electrons. The third kappa shape index (κ3) is 3.55. The van der Waals surface area contributed by atoms with Crippen LogP contribution in [-0.2, 0) is 0 Å². The third-order valence-corrected chi connectivity index (χ3v) is 2.42. The summed E-state index contributed by atoms with van der Waals surface area (Å²) in [4.78, 5) is 15.9. The number of nitriles is 1. The maximum Gasteiger partial charge on any atom is 0.291 e. The van der Waals surface area contributed by atoms with Gasteiger partial charge in [0.2, 0.25) is 5.82 Å². The van der Waals surface area contributed by atoms with E-state index in [-0.39, 0.29) is 23.7 Å². The fourth-order valence-electron chi connectivity index (χ4n) is 1.29. The summed E-state index contributed by atoms with van der Waals surface area (Å²) >= 11 is 0. The van der Waals surface area contributed by atoms with Crippen LogP contribution in [-0.4, -0.2) is 27.1 Å². The van der Waals surface area contributed by atoms with E-state index < -0.39 is 0 Å². The van der Waals surface area contributed by atoms with E-state index in [0.29, 0.717) is 18.7 Å². The number of aromatic amines is 1. The molecule has 0 fully saturated rings. The molecule has 1 heterocycles. The largest absolute Gasteiger partial charge is 0.345 e. The van der Waals surface area contributed by atoms with Gasteiger partial charge in [0, 0.05) is 12.0 Å². The molecule has 1 aromatic heterocycles. The number of carbonyl (C=O) groups is 1. The van der Waals surface area contributed by atoms with Gasteiger partial charge in [0.1, 0.15) is 5.82 Å². The lowest BCUT2D eigenvalue weighted by molar-refractivity contribution is 0.0926. The summed E-state index contributed by atoms with van der Waals surface area (Å²) in [5.74, 6) is 0.675. The van der Waals surface area contributed by atoms with Crippen molar-refractivity contribution in [3.63, 3.8) is 0 Å². The molecule has 6 nitrogen and oxygen atoms in total. The summed E-state index contributed by atoms with van der Waals surface area (Å²) in [5, 5.41) is 17.9. The Morgan fingerprint density at radius 3 is 2.76 bits per heavy atom. The minimum Gasteiger partial charge on any atom is -0.345 e. The highest BCUT2D eigenvalue weighted by molar-refractivity contribution is 5.90. The molecule has 0 aliphatic rings. The first-order valence-corrected chi connectivity index (χ1v) is 5.68. The van der Waals surface area contributed by atoms with Gasteiger partial charge in [-0.25, -0.2) is 4.98 Å². The van der Waals surface area contributed by atoms with Crippen LogP contribution in [0.3, 0.4) is 0 Å². The van der Waals surface area contributed by atoms with E-state index in [1.165, 1.54) is 0 Å². The Morgan fingerprint density at radius 1 is 1.59 bits per heavy atom. The van der Waals surface area contributed by atoms with Crippen molar-refractivity contribution in [2.45, 2.75) is 45.6 Å². The molecule has 1 rings (SSSR count). The summed E-state index contributed by atoms with van der Waals surface area (Å²) in [6.07, 6.45) is 1.00. The van der Waals surface area contributed by atoms with E-state index in [0.717, 1.165) is 0 Å². The second kappa shape index (κ2) is 5.99. The Bertz CT molecular complexity index is 418. The number of H-pyrrole nitrogens is 1. The standard InChI is InChI=1S/C11H17N5O/c1-4-8(5-6-12)13-11(17)10-14-9(7(2)3)15-16-10/h7-8H,4-5H2,1-3H3,(H,13,17)(H,14,15,16). The first-order valence-electron chi connectivity index (χ1n) is 5.68. The molecular weight excluding hydrogens is 218 g/mol. The molecule has 0 bridgehead atoms. The van der Waals surface area contributed by atoms with Gasteiger partial charge in [0.15, 0.2) is 0 Å². The van der Waals surface area contributed by atoms with Gasteiger partial charge in [-0.2, -0.15) is 5.26 Å². The molecule has 0 aliphatic carbocycles. The predicted molar refractivity (Wildman–Crippen MR) is 62.2 cm³/mol. The lowest BCUT2D eigenvalue weighted by atomic mass is 10.1. The minimum atomic E-state index is -0.338. The van der Waals surface area contributed by atoms with Crippen molar-refractivity contribution in [3.8, 4) is 6.07 Å². The second-order valence-electron chi connectivity index (χ2n) is 4.14. The highest BCUT2D eigenvalue weighted by Gasteiger charge is 2.17. The number of nitrogens with one attached hydrogen (secondary N) is 2. The van der Waals surface area contributed by atoms with Gasteiger partial charge in [-0.1, -0.05) is 20.8 Å². The van der Waals surface area contributed by atoms with Crippen LogP contribution in [0.2, 0.25) is 0 Å². The SMILES string of the molecule is CCC(CC#N)NC(=O)c1n[nH]c(C(C)C)n1. The van der Waals surface area contributed by atoms with Crippen LogP contribution in [0.4, 0.5) is 0 Å². The second-order valence-corrected chi connectivity index (χ2v) is 4.14. The minimum absolute atomic E-state index is 0.130. The molecule has 1 amide bonds. The van der Waals surface area contributed by atoms with Gasteiger partial charge in [0.25, 0.3) is 5.91 Å². The molecule has 17 heavy (non-hydrogen) atoms. The van der Waals surface area contributed by atoms with Crippen LogP contribution in [0.1, 0.15) is 56.0 Å². The van der Waals surface area contributed by atoms with Crippen LogP contribution in [0.5, 0.6) is 0 Å². The van der Waals surface area contributed by atoms with Gasteiger partial charge < -0.3 is 5.32 Å². The molecule has 1 atom stereocenters. The maximum absolute atomic E-state index is 11.8. The Labute approximate surface area is 100 Å². The molecule has 2 N–H and O–H groups in total. The fourth-order valence-corrected chi connectivity index (χ4v) is 1.29. The van der Waals surface area contributed by atoms with E-state index in [9.17, 15) is 4.79 Å². The summed E-state index contributed by atoms with van der Waals surface area (Å²) in [6, 6.07) is 1.89.